The summed E-state index contributed by atoms with van der Waals surface area (Å²) in [6.45, 7) is 3.91. The minimum atomic E-state index is -1.06. The van der Waals surface area contributed by atoms with E-state index in [9.17, 15) is 14.3 Å². The van der Waals surface area contributed by atoms with Crippen molar-refractivity contribution >= 4 is 11.7 Å². The van der Waals surface area contributed by atoms with Crippen molar-refractivity contribution in [1.29, 1.82) is 0 Å². The van der Waals surface area contributed by atoms with E-state index in [0.717, 1.165) is 37.9 Å². The fraction of sp³-hybridized carbons (Fsp3) is 0.562. The Bertz CT molecular complexity index is 476. The first-order valence-electron chi connectivity index (χ1n) is 7.39. The number of carboxylic acid groups (broad SMARTS) is 1. The Hall–Kier alpha value is -1.58. The van der Waals surface area contributed by atoms with Crippen molar-refractivity contribution < 1.29 is 14.3 Å². The monoisotopic (exact) mass is 279 g/mol. The number of aromatic carboxylic acids is 1. The molecule has 1 atom stereocenters. The van der Waals surface area contributed by atoms with Gasteiger partial charge in [0.15, 0.2) is 0 Å². The summed E-state index contributed by atoms with van der Waals surface area (Å²) in [6.07, 6.45) is 5.80. The minimum Gasteiger partial charge on any atom is -0.478 e. The van der Waals surface area contributed by atoms with Crippen molar-refractivity contribution in [3.63, 3.8) is 0 Å². The first kappa shape index (κ1) is 14.8. The maximum absolute atomic E-state index is 13.2. The number of carboxylic acids is 1. The second kappa shape index (κ2) is 6.73. The predicted molar refractivity (Wildman–Crippen MR) is 77.8 cm³/mol. The molecule has 1 heterocycles. The molecule has 110 valence electrons. The van der Waals surface area contributed by atoms with E-state index < -0.39 is 11.8 Å². The molecule has 20 heavy (non-hydrogen) atoms. The zero-order chi connectivity index (χ0) is 14.5. The molecule has 0 radical (unpaired) electrons. The number of benzene rings is 1. The van der Waals surface area contributed by atoms with Gasteiger partial charge >= 0.3 is 5.97 Å². The summed E-state index contributed by atoms with van der Waals surface area (Å²) in [5.74, 6) is -0.822. The molecule has 0 aliphatic carbocycles. The van der Waals surface area contributed by atoms with Gasteiger partial charge in [0.05, 0.1) is 11.3 Å². The summed E-state index contributed by atoms with van der Waals surface area (Å²) in [5.41, 5.74) is 0.718. The molecule has 0 spiro atoms. The van der Waals surface area contributed by atoms with E-state index in [0.29, 0.717) is 5.69 Å². The van der Waals surface area contributed by atoms with Gasteiger partial charge in [0.2, 0.25) is 0 Å². The summed E-state index contributed by atoms with van der Waals surface area (Å²) >= 11 is 0. The highest BCUT2D eigenvalue weighted by molar-refractivity contribution is 5.94. The molecule has 1 saturated heterocycles. The van der Waals surface area contributed by atoms with Crippen LogP contribution in [0.25, 0.3) is 0 Å². The molecule has 1 unspecified atom stereocenters. The second-order valence-corrected chi connectivity index (χ2v) is 5.54. The van der Waals surface area contributed by atoms with Crippen molar-refractivity contribution in [2.45, 2.75) is 39.0 Å². The summed E-state index contributed by atoms with van der Waals surface area (Å²) in [7, 11) is 0. The predicted octanol–water partition coefficient (Wildman–Crippen LogP) is 3.93. The van der Waals surface area contributed by atoms with Crippen LogP contribution in [0.15, 0.2) is 18.2 Å². The fourth-order valence-corrected chi connectivity index (χ4v) is 3.06. The highest BCUT2D eigenvalue weighted by Crippen LogP contribution is 2.28. The van der Waals surface area contributed by atoms with E-state index in [2.05, 4.69) is 11.8 Å². The largest absolute Gasteiger partial charge is 0.478 e. The Morgan fingerprint density at radius 3 is 2.90 bits per heavy atom. The second-order valence-electron chi connectivity index (χ2n) is 5.54. The van der Waals surface area contributed by atoms with Gasteiger partial charge in [-0.1, -0.05) is 19.8 Å². The van der Waals surface area contributed by atoms with Crippen LogP contribution >= 0.6 is 0 Å². The summed E-state index contributed by atoms with van der Waals surface area (Å²) in [5, 5.41) is 9.23. The van der Waals surface area contributed by atoms with Crippen LogP contribution in [0.3, 0.4) is 0 Å². The normalized spacial score (nSPS) is 19.7. The van der Waals surface area contributed by atoms with Gasteiger partial charge in [-0.2, -0.15) is 0 Å². The molecule has 4 heteroatoms. The van der Waals surface area contributed by atoms with Gasteiger partial charge in [-0.25, -0.2) is 9.18 Å². The summed E-state index contributed by atoms with van der Waals surface area (Å²) in [6, 6.07) is 4.06. The third-order valence-corrected chi connectivity index (χ3v) is 4.07. The van der Waals surface area contributed by atoms with Crippen LogP contribution in [0.4, 0.5) is 10.1 Å². The van der Waals surface area contributed by atoms with Crippen LogP contribution in [0.2, 0.25) is 0 Å². The molecule has 1 aromatic rings. The Labute approximate surface area is 119 Å². The smallest absolute Gasteiger partial charge is 0.337 e. The van der Waals surface area contributed by atoms with Crippen molar-refractivity contribution in [3.05, 3.63) is 29.6 Å². The topological polar surface area (TPSA) is 40.5 Å². The van der Waals surface area contributed by atoms with Crippen LogP contribution < -0.4 is 4.90 Å². The SMILES string of the molecule is CCCC1CCCN(c2ccc(F)cc2C(=O)O)CC1. The molecule has 1 N–H and O–H groups in total. The number of hydrogen-bond donors (Lipinski definition) is 1. The van der Waals surface area contributed by atoms with E-state index in [1.54, 1.807) is 6.07 Å². The lowest BCUT2D eigenvalue weighted by molar-refractivity contribution is 0.0697. The zero-order valence-electron chi connectivity index (χ0n) is 11.9. The number of rotatable bonds is 4. The number of nitrogens with zero attached hydrogens (tertiary/aromatic N) is 1. The van der Waals surface area contributed by atoms with Gasteiger partial charge in [-0.15, -0.1) is 0 Å². The first-order valence-corrected chi connectivity index (χ1v) is 7.39. The maximum Gasteiger partial charge on any atom is 0.337 e. The summed E-state index contributed by atoms with van der Waals surface area (Å²) in [4.78, 5) is 13.4. The third-order valence-electron chi connectivity index (χ3n) is 4.07. The number of hydrogen-bond acceptors (Lipinski definition) is 2. The van der Waals surface area contributed by atoms with Crippen molar-refractivity contribution in [1.82, 2.24) is 0 Å². The quantitative estimate of drug-likeness (QED) is 0.907. The third kappa shape index (κ3) is 3.50. The molecule has 1 fully saturated rings. The van der Waals surface area contributed by atoms with E-state index in [1.807, 2.05) is 0 Å². The minimum absolute atomic E-state index is 0.0685. The number of anilines is 1. The lowest BCUT2D eigenvalue weighted by Gasteiger charge is -2.24. The van der Waals surface area contributed by atoms with Gasteiger partial charge in [0.25, 0.3) is 0 Å². The summed E-state index contributed by atoms with van der Waals surface area (Å²) < 4.78 is 13.2. The molecule has 1 aromatic carbocycles. The lowest BCUT2D eigenvalue weighted by Crippen LogP contribution is -2.26. The molecule has 1 aliphatic heterocycles. The number of halogens is 1. The van der Waals surface area contributed by atoms with Crippen molar-refractivity contribution in [3.8, 4) is 0 Å². The molecule has 0 saturated carbocycles. The molecular weight excluding hydrogens is 257 g/mol. The molecule has 3 nitrogen and oxygen atoms in total. The van der Waals surface area contributed by atoms with Crippen LogP contribution in [-0.4, -0.2) is 24.2 Å². The van der Waals surface area contributed by atoms with Crippen molar-refractivity contribution in [2.75, 3.05) is 18.0 Å². The van der Waals surface area contributed by atoms with Gasteiger partial charge in [0.1, 0.15) is 5.82 Å². The maximum atomic E-state index is 13.2. The molecule has 0 bridgehead atoms. The van der Waals surface area contributed by atoms with Crippen LogP contribution in [0.5, 0.6) is 0 Å². The highest BCUT2D eigenvalue weighted by Gasteiger charge is 2.21. The van der Waals surface area contributed by atoms with Crippen molar-refractivity contribution in [2.24, 2.45) is 5.92 Å². The molecular formula is C16H22FNO2. The van der Waals surface area contributed by atoms with Gasteiger partial charge < -0.3 is 10.0 Å². The molecule has 0 aromatic heterocycles. The van der Waals surface area contributed by atoms with E-state index in [1.165, 1.54) is 25.3 Å². The Balaban J connectivity index is 2.17. The van der Waals surface area contributed by atoms with Crippen LogP contribution in [-0.2, 0) is 0 Å². The molecule has 2 rings (SSSR count). The highest BCUT2D eigenvalue weighted by atomic mass is 19.1. The zero-order valence-corrected chi connectivity index (χ0v) is 11.9. The van der Waals surface area contributed by atoms with Crippen LogP contribution in [0, 0.1) is 11.7 Å². The Morgan fingerprint density at radius 1 is 1.40 bits per heavy atom. The van der Waals surface area contributed by atoms with E-state index >= 15 is 0 Å². The van der Waals surface area contributed by atoms with Crippen LogP contribution in [0.1, 0.15) is 49.4 Å². The van der Waals surface area contributed by atoms with Gasteiger partial charge in [-0.3, -0.25) is 0 Å². The van der Waals surface area contributed by atoms with E-state index in [-0.39, 0.29) is 5.56 Å². The average molecular weight is 279 g/mol. The Morgan fingerprint density at radius 2 is 2.20 bits per heavy atom. The Kier molecular flexibility index (Phi) is 4.99. The number of carbonyl (C=O) groups is 1. The molecule has 0 amide bonds. The van der Waals surface area contributed by atoms with E-state index in [4.69, 9.17) is 0 Å². The lowest BCUT2D eigenvalue weighted by atomic mass is 9.96. The fourth-order valence-electron chi connectivity index (χ4n) is 3.06. The average Bonchev–Trinajstić information content (AvgIpc) is 2.65. The molecule has 1 aliphatic rings. The standard InChI is InChI=1S/C16H22FNO2/c1-2-4-12-5-3-9-18(10-8-12)15-7-6-13(17)11-14(15)16(19)20/h6-7,11-12H,2-5,8-10H2,1H3,(H,19,20). The van der Waals surface area contributed by atoms with Gasteiger partial charge in [-0.05, 0) is 43.4 Å². The van der Waals surface area contributed by atoms with Gasteiger partial charge in [0, 0.05) is 13.1 Å². The first-order chi connectivity index (χ1) is 9.61.